The molecular weight excluding hydrogens is 284 g/mol. The van der Waals surface area contributed by atoms with Crippen molar-refractivity contribution in [1.82, 2.24) is 0 Å². The van der Waals surface area contributed by atoms with Crippen molar-refractivity contribution in [2.75, 3.05) is 10.6 Å². The minimum absolute atomic E-state index is 0.157. The number of halogens is 1. The molecule has 1 atom stereocenters. The van der Waals surface area contributed by atoms with E-state index in [1.54, 1.807) is 12.1 Å². The lowest BCUT2D eigenvalue weighted by atomic mass is 10.1. The smallest absolute Gasteiger partial charge is 0.343 e. The van der Waals surface area contributed by atoms with Gasteiger partial charge in [-0.3, -0.25) is 0 Å². The van der Waals surface area contributed by atoms with Crippen molar-refractivity contribution in [2.45, 2.75) is 19.4 Å². The molecule has 2 heterocycles. The Bertz CT molecular complexity index is 627. The second-order valence-corrected chi connectivity index (χ2v) is 5.39. The Hall–Kier alpha value is -1.59. The van der Waals surface area contributed by atoms with Gasteiger partial charge < -0.3 is 15.4 Å². The van der Waals surface area contributed by atoms with Crippen LogP contribution < -0.4 is 10.6 Å². The van der Waals surface area contributed by atoms with E-state index >= 15 is 0 Å². The first kappa shape index (κ1) is 12.4. The van der Waals surface area contributed by atoms with E-state index in [0.29, 0.717) is 22.0 Å². The Kier molecular flexibility index (Phi) is 2.95. The molecule has 0 aromatic heterocycles. The van der Waals surface area contributed by atoms with E-state index in [1.165, 1.54) is 0 Å². The van der Waals surface area contributed by atoms with Crippen LogP contribution in [0.15, 0.2) is 29.5 Å². The zero-order chi connectivity index (χ0) is 13.6. The molecule has 1 unspecified atom stereocenters. The SMILES string of the molecule is CC1CC2=C(C(=O)O1)C(=S)Nc1cc(Cl)ccc1N2. The van der Waals surface area contributed by atoms with Crippen molar-refractivity contribution in [2.24, 2.45) is 0 Å². The topological polar surface area (TPSA) is 50.4 Å². The van der Waals surface area contributed by atoms with Crippen LogP contribution in [-0.4, -0.2) is 17.1 Å². The fourth-order valence-electron chi connectivity index (χ4n) is 2.22. The van der Waals surface area contributed by atoms with E-state index in [2.05, 4.69) is 10.6 Å². The van der Waals surface area contributed by atoms with Crippen LogP contribution in [0, 0.1) is 0 Å². The van der Waals surface area contributed by atoms with Crippen LogP contribution in [0.25, 0.3) is 0 Å². The minimum Gasteiger partial charge on any atom is -0.459 e. The molecule has 0 saturated heterocycles. The van der Waals surface area contributed by atoms with Crippen molar-refractivity contribution < 1.29 is 9.53 Å². The standard InChI is InChI=1S/C13H11ClN2O2S/c1-6-4-10-11(13(17)18-6)12(19)16-9-5-7(14)2-3-8(9)15-10/h2-3,5-6,15H,4H2,1H3,(H,16,19). The molecule has 3 rings (SSSR count). The number of hydrogen-bond donors (Lipinski definition) is 2. The zero-order valence-electron chi connectivity index (χ0n) is 10.1. The Morgan fingerprint density at radius 1 is 1.37 bits per heavy atom. The maximum absolute atomic E-state index is 11.9. The first-order chi connectivity index (χ1) is 9.04. The van der Waals surface area contributed by atoms with Gasteiger partial charge in [0.25, 0.3) is 0 Å². The van der Waals surface area contributed by atoms with Gasteiger partial charge in [-0.1, -0.05) is 23.8 Å². The lowest BCUT2D eigenvalue weighted by Gasteiger charge is -2.23. The Labute approximate surface area is 120 Å². The summed E-state index contributed by atoms with van der Waals surface area (Å²) in [5.41, 5.74) is 2.80. The summed E-state index contributed by atoms with van der Waals surface area (Å²) in [7, 11) is 0. The zero-order valence-corrected chi connectivity index (χ0v) is 11.7. The van der Waals surface area contributed by atoms with Gasteiger partial charge in [-0.05, 0) is 25.1 Å². The first-order valence-electron chi connectivity index (χ1n) is 5.86. The summed E-state index contributed by atoms with van der Waals surface area (Å²) >= 11 is 11.2. The molecule has 19 heavy (non-hydrogen) atoms. The van der Waals surface area contributed by atoms with E-state index in [4.69, 9.17) is 28.6 Å². The second-order valence-electron chi connectivity index (χ2n) is 4.54. The van der Waals surface area contributed by atoms with Crippen LogP contribution in [0.3, 0.4) is 0 Å². The van der Waals surface area contributed by atoms with Gasteiger partial charge in [0.2, 0.25) is 0 Å². The normalized spacial score (nSPS) is 21.7. The molecule has 0 radical (unpaired) electrons. The van der Waals surface area contributed by atoms with Crippen molar-refractivity contribution in [3.05, 3.63) is 34.5 Å². The van der Waals surface area contributed by atoms with Gasteiger partial charge in [0.1, 0.15) is 16.7 Å². The Morgan fingerprint density at radius 3 is 2.95 bits per heavy atom. The number of carbonyl (C=O) groups excluding carboxylic acids is 1. The maximum Gasteiger partial charge on any atom is 0.343 e. The number of thiocarbonyl (C=S) groups is 1. The number of ether oxygens (including phenoxy) is 1. The monoisotopic (exact) mass is 294 g/mol. The summed E-state index contributed by atoms with van der Waals surface area (Å²) in [5.74, 6) is -0.391. The van der Waals surface area contributed by atoms with Crippen LogP contribution >= 0.6 is 23.8 Å². The fourth-order valence-corrected chi connectivity index (χ4v) is 2.70. The largest absolute Gasteiger partial charge is 0.459 e. The van der Waals surface area contributed by atoms with E-state index < -0.39 is 5.97 Å². The molecule has 0 spiro atoms. The van der Waals surface area contributed by atoms with Crippen LogP contribution in [0.4, 0.5) is 11.4 Å². The van der Waals surface area contributed by atoms with Gasteiger partial charge in [0.15, 0.2) is 0 Å². The molecule has 98 valence electrons. The molecule has 1 aromatic rings. The number of benzene rings is 1. The molecule has 2 aliphatic rings. The summed E-state index contributed by atoms with van der Waals surface area (Å²) in [6.07, 6.45) is 0.459. The lowest BCUT2D eigenvalue weighted by molar-refractivity contribution is -0.144. The van der Waals surface area contributed by atoms with Crippen molar-refractivity contribution in [3.63, 3.8) is 0 Å². The molecule has 4 nitrogen and oxygen atoms in total. The number of esters is 1. The van der Waals surface area contributed by atoms with Gasteiger partial charge in [-0.25, -0.2) is 4.79 Å². The van der Waals surface area contributed by atoms with Crippen LogP contribution in [-0.2, 0) is 9.53 Å². The molecule has 1 aromatic carbocycles. The van der Waals surface area contributed by atoms with Crippen LogP contribution in [0.5, 0.6) is 0 Å². The average molecular weight is 295 g/mol. The molecule has 0 saturated carbocycles. The third kappa shape index (κ3) is 2.19. The van der Waals surface area contributed by atoms with Gasteiger partial charge >= 0.3 is 5.97 Å². The molecule has 0 aliphatic carbocycles. The van der Waals surface area contributed by atoms with E-state index in [1.807, 2.05) is 13.0 Å². The van der Waals surface area contributed by atoms with Crippen molar-refractivity contribution >= 4 is 46.2 Å². The number of carbonyl (C=O) groups is 1. The second kappa shape index (κ2) is 4.51. The number of fused-ring (bicyclic) bond motifs is 1. The summed E-state index contributed by atoms with van der Waals surface area (Å²) < 4.78 is 5.21. The highest BCUT2D eigenvalue weighted by Crippen LogP contribution is 2.34. The van der Waals surface area contributed by atoms with Gasteiger partial charge in [-0.15, -0.1) is 0 Å². The fraction of sp³-hybridized carbons (Fsp3) is 0.231. The van der Waals surface area contributed by atoms with Crippen molar-refractivity contribution in [3.8, 4) is 0 Å². The highest BCUT2D eigenvalue weighted by atomic mass is 35.5. The highest BCUT2D eigenvalue weighted by molar-refractivity contribution is 7.81. The van der Waals surface area contributed by atoms with Crippen LogP contribution in [0.2, 0.25) is 5.02 Å². The van der Waals surface area contributed by atoms with Crippen LogP contribution in [0.1, 0.15) is 13.3 Å². The molecule has 2 N–H and O–H groups in total. The quantitative estimate of drug-likeness (QED) is 0.569. The van der Waals surface area contributed by atoms with E-state index in [-0.39, 0.29) is 6.10 Å². The Morgan fingerprint density at radius 2 is 2.16 bits per heavy atom. The molecule has 2 aliphatic heterocycles. The molecule has 0 amide bonds. The number of anilines is 2. The number of nitrogens with one attached hydrogen (secondary N) is 2. The summed E-state index contributed by atoms with van der Waals surface area (Å²) in [6.45, 7) is 1.85. The molecule has 6 heteroatoms. The van der Waals surface area contributed by atoms with Gasteiger partial charge in [0.05, 0.1) is 11.4 Å². The minimum atomic E-state index is -0.391. The number of hydrogen-bond acceptors (Lipinski definition) is 4. The van der Waals surface area contributed by atoms with Crippen molar-refractivity contribution in [1.29, 1.82) is 0 Å². The lowest BCUT2D eigenvalue weighted by Crippen LogP contribution is -2.30. The highest BCUT2D eigenvalue weighted by Gasteiger charge is 2.32. The predicted molar refractivity (Wildman–Crippen MR) is 78.5 cm³/mol. The summed E-state index contributed by atoms with van der Waals surface area (Å²) in [5, 5.41) is 6.89. The average Bonchev–Trinajstić information content (AvgIpc) is 2.44. The third-order valence-corrected chi connectivity index (χ3v) is 3.59. The molecular formula is C13H11ClN2O2S. The predicted octanol–water partition coefficient (Wildman–Crippen LogP) is 3.09. The van der Waals surface area contributed by atoms with Gasteiger partial charge in [0, 0.05) is 17.1 Å². The van der Waals surface area contributed by atoms with E-state index in [0.717, 1.165) is 17.1 Å². The Balaban J connectivity index is 2.09. The number of cyclic esters (lactones) is 1. The maximum atomic E-state index is 11.9. The summed E-state index contributed by atoms with van der Waals surface area (Å²) in [4.78, 5) is 12.3. The van der Waals surface area contributed by atoms with E-state index in [9.17, 15) is 4.79 Å². The molecule has 0 bridgehead atoms. The summed E-state index contributed by atoms with van der Waals surface area (Å²) in [6, 6.07) is 5.41. The first-order valence-corrected chi connectivity index (χ1v) is 6.65. The van der Waals surface area contributed by atoms with Gasteiger partial charge in [-0.2, -0.15) is 0 Å². The number of rotatable bonds is 0. The molecule has 0 fully saturated rings. The third-order valence-electron chi connectivity index (χ3n) is 3.05.